The molecule has 0 aromatic heterocycles. The summed E-state index contributed by atoms with van der Waals surface area (Å²) in [6, 6.07) is 0. The van der Waals surface area contributed by atoms with E-state index in [4.69, 9.17) is 4.74 Å². The smallest absolute Gasteiger partial charge is 0.410 e. The highest BCUT2D eigenvalue weighted by Gasteiger charge is 2.54. The molecule has 0 saturated carbocycles. The second kappa shape index (κ2) is 5.30. The van der Waals surface area contributed by atoms with E-state index in [2.05, 4.69) is 4.74 Å². The van der Waals surface area contributed by atoms with Crippen LogP contribution in [0.25, 0.3) is 0 Å². The lowest BCUT2D eigenvalue weighted by molar-refractivity contribution is -0.157. The van der Waals surface area contributed by atoms with Crippen molar-refractivity contribution < 1.29 is 27.8 Å². The Morgan fingerprint density at radius 3 is 2.42 bits per heavy atom. The van der Waals surface area contributed by atoms with Gasteiger partial charge in [-0.3, -0.25) is 4.79 Å². The Morgan fingerprint density at radius 1 is 1.37 bits per heavy atom. The fraction of sp³-hybridized carbons (Fsp3) is 0.833. The highest BCUT2D eigenvalue weighted by atomic mass is 19.3. The lowest BCUT2D eigenvalue weighted by Gasteiger charge is -2.24. The SMILES string of the molecule is CCOC(=O)C1CN(C(=O)OC(C)(C)C)CC1(F)F. The Hall–Kier alpha value is -1.40. The van der Waals surface area contributed by atoms with E-state index in [-0.39, 0.29) is 13.2 Å². The minimum absolute atomic E-state index is 0.0256. The summed E-state index contributed by atoms with van der Waals surface area (Å²) in [7, 11) is 0. The van der Waals surface area contributed by atoms with Crippen molar-refractivity contribution in [2.45, 2.75) is 39.2 Å². The molecule has 0 aliphatic carbocycles. The Balaban J connectivity index is 2.72. The molecule has 1 aliphatic rings. The first-order chi connectivity index (χ1) is 8.57. The minimum atomic E-state index is -3.29. The zero-order chi connectivity index (χ0) is 14.8. The molecule has 1 rings (SSSR count). The summed E-state index contributed by atoms with van der Waals surface area (Å²) in [6.45, 7) is 5.27. The van der Waals surface area contributed by atoms with Gasteiger partial charge in [0.2, 0.25) is 0 Å². The van der Waals surface area contributed by atoms with Crippen molar-refractivity contribution in [2.75, 3.05) is 19.7 Å². The Labute approximate surface area is 110 Å². The molecule has 1 unspecified atom stereocenters. The van der Waals surface area contributed by atoms with Gasteiger partial charge in [-0.2, -0.15) is 0 Å². The van der Waals surface area contributed by atoms with Crippen LogP contribution in [0.15, 0.2) is 0 Å². The minimum Gasteiger partial charge on any atom is -0.466 e. The molecule has 0 bridgehead atoms. The number of alkyl halides is 2. The molecular formula is C12H19F2NO4. The van der Waals surface area contributed by atoms with Crippen LogP contribution in [-0.4, -0.2) is 48.2 Å². The van der Waals surface area contributed by atoms with Crippen LogP contribution >= 0.6 is 0 Å². The largest absolute Gasteiger partial charge is 0.466 e. The maximum absolute atomic E-state index is 13.7. The predicted molar refractivity (Wildman–Crippen MR) is 62.9 cm³/mol. The molecule has 1 heterocycles. The maximum atomic E-state index is 13.7. The van der Waals surface area contributed by atoms with Crippen LogP contribution in [0.1, 0.15) is 27.7 Å². The fourth-order valence-electron chi connectivity index (χ4n) is 1.74. The average molecular weight is 279 g/mol. The molecule has 7 heteroatoms. The first-order valence-electron chi connectivity index (χ1n) is 6.09. The van der Waals surface area contributed by atoms with Crippen LogP contribution in [-0.2, 0) is 14.3 Å². The standard InChI is InChI=1S/C12H19F2NO4/c1-5-18-9(16)8-6-15(7-12(8,13)14)10(17)19-11(2,3)4/h8H,5-7H2,1-4H3. The molecule has 0 N–H and O–H groups in total. The number of rotatable bonds is 2. The van der Waals surface area contributed by atoms with E-state index in [1.807, 2.05) is 0 Å². The molecule has 110 valence electrons. The van der Waals surface area contributed by atoms with Gasteiger partial charge in [-0.1, -0.05) is 0 Å². The van der Waals surface area contributed by atoms with Crippen LogP contribution < -0.4 is 0 Å². The Morgan fingerprint density at radius 2 is 1.95 bits per heavy atom. The van der Waals surface area contributed by atoms with Crippen molar-refractivity contribution in [2.24, 2.45) is 5.92 Å². The summed E-state index contributed by atoms with van der Waals surface area (Å²) in [6.07, 6.45) is -0.848. The third-order valence-corrected chi connectivity index (χ3v) is 2.54. The normalized spacial score (nSPS) is 22.2. The van der Waals surface area contributed by atoms with E-state index < -0.39 is 36.0 Å². The second-order valence-electron chi connectivity index (χ2n) is 5.43. The number of hydrogen-bond donors (Lipinski definition) is 0. The van der Waals surface area contributed by atoms with Crippen LogP contribution in [0.3, 0.4) is 0 Å². The van der Waals surface area contributed by atoms with Crippen LogP contribution in [0.2, 0.25) is 0 Å². The second-order valence-corrected chi connectivity index (χ2v) is 5.43. The van der Waals surface area contributed by atoms with Gasteiger partial charge in [-0.25, -0.2) is 13.6 Å². The number of nitrogens with zero attached hydrogens (tertiary/aromatic N) is 1. The van der Waals surface area contributed by atoms with E-state index in [0.717, 1.165) is 4.90 Å². The molecule has 1 saturated heterocycles. The average Bonchev–Trinajstić information content (AvgIpc) is 2.52. The lowest BCUT2D eigenvalue weighted by Crippen LogP contribution is -2.36. The van der Waals surface area contributed by atoms with Crippen molar-refractivity contribution in [3.8, 4) is 0 Å². The van der Waals surface area contributed by atoms with Gasteiger partial charge >= 0.3 is 12.1 Å². The number of amides is 1. The molecule has 1 atom stereocenters. The first kappa shape index (κ1) is 15.7. The number of ether oxygens (including phenoxy) is 2. The quantitative estimate of drug-likeness (QED) is 0.726. The van der Waals surface area contributed by atoms with Crippen molar-refractivity contribution in [3.63, 3.8) is 0 Å². The summed E-state index contributed by atoms with van der Waals surface area (Å²) in [4.78, 5) is 24.0. The summed E-state index contributed by atoms with van der Waals surface area (Å²) in [5.41, 5.74) is -0.769. The zero-order valence-corrected chi connectivity index (χ0v) is 11.5. The monoisotopic (exact) mass is 279 g/mol. The number of halogens is 2. The van der Waals surface area contributed by atoms with E-state index in [9.17, 15) is 18.4 Å². The number of hydrogen-bond acceptors (Lipinski definition) is 4. The molecule has 0 radical (unpaired) electrons. The van der Waals surface area contributed by atoms with Gasteiger partial charge < -0.3 is 14.4 Å². The zero-order valence-electron chi connectivity index (χ0n) is 11.5. The lowest BCUT2D eigenvalue weighted by atomic mass is 10.1. The highest BCUT2D eigenvalue weighted by molar-refractivity contribution is 5.77. The van der Waals surface area contributed by atoms with Gasteiger partial charge in [-0.05, 0) is 27.7 Å². The predicted octanol–water partition coefficient (Wildman–Crippen LogP) is 2.05. The number of carbonyl (C=O) groups excluding carboxylic acids is 2. The maximum Gasteiger partial charge on any atom is 0.410 e. The van der Waals surface area contributed by atoms with E-state index >= 15 is 0 Å². The van der Waals surface area contributed by atoms with Crippen molar-refractivity contribution in [1.29, 1.82) is 0 Å². The number of carbonyl (C=O) groups is 2. The topological polar surface area (TPSA) is 55.8 Å². The van der Waals surface area contributed by atoms with Crippen molar-refractivity contribution in [3.05, 3.63) is 0 Å². The van der Waals surface area contributed by atoms with Gasteiger partial charge in [0.25, 0.3) is 5.92 Å². The van der Waals surface area contributed by atoms with Crippen LogP contribution in [0.5, 0.6) is 0 Å². The number of esters is 1. The Bertz CT molecular complexity index is 365. The molecule has 1 fully saturated rings. The van der Waals surface area contributed by atoms with Gasteiger partial charge in [0.1, 0.15) is 11.5 Å². The summed E-state index contributed by atoms with van der Waals surface area (Å²) in [5, 5.41) is 0. The molecule has 0 aromatic rings. The third kappa shape index (κ3) is 4.04. The van der Waals surface area contributed by atoms with E-state index in [0.29, 0.717) is 0 Å². The molecular weight excluding hydrogens is 260 g/mol. The molecule has 0 aromatic carbocycles. The number of likely N-dealkylation sites (tertiary alicyclic amines) is 1. The van der Waals surface area contributed by atoms with Crippen LogP contribution in [0.4, 0.5) is 13.6 Å². The first-order valence-corrected chi connectivity index (χ1v) is 6.09. The van der Waals surface area contributed by atoms with E-state index in [1.165, 1.54) is 6.92 Å². The molecule has 0 spiro atoms. The highest BCUT2D eigenvalue weighted by Crippen LogP contribution is 2.34. The van der Waals surface area contributed by atoms with Gasteiger partial charge in [0, 0.05) is 6.54 Å². The fourth-order valence-corrected chi connectivity index (χ4v) is 1.74. The van der Waals surface area contributed by atoms with Crippen molar-refractivity contribution >= 4 is 12.1 Å². The molecule has 1 amide bonds. The van der Waals surface area contributed by atoms with E-state index in [1.54, 1.807) is 20.8 Å². The van der Waals surface area contributed by atoms with Gasteiger partial charge in [0.05, 0.1) is 13.2 Å². The third-order valence-electron chi connectivity index (χ3n) is 2.54. The molecule has 1 aliphatic heterocycles. The summed E-state index contributed by atoms with van der Waals surface area (Å²) >= 11 is 0. The molecule has 19 heavy (non-hydrogen) atoms. The van der Waals surface area contributed by atoms with Crippen molar-refractivity contribution in [1.82, 2.24) is 4.90 Å². The Kier molecular flexibility index (Phi) is 4.37. The summed E-state index contributed by atoms with van der Waals surface area (Å²) < 4.78 is 36.9. The summed E-state index contributed by atoms with van der Waals surface area (Å²) in [5.74, 6) is -5.90. The van der Waals surface area contributed by atoms with Gasteiger partial charge in [-0.15, -0.1) is 0 Å². The van der Waals surface area contributed by atoms with Gasteiger partial charge in [0.15, 0.2) is 0 Å². The van der Waals surface area contributed by atoms with Crippen LogP contribution in [0, 0.1) is 5.92 Å². The molecule has 5 nitrogen and oxygen atoms in total.